The molecule has 0 saturated carbocycles. The molecule has 0 amide bonds. The van der Waals surface area contributed by atoms with Crippen LogP contribution in [0.25, 0.3) is 10.8 Å². The fraction of sp³-hybridized carbons (Fsp3) is 0.250. The molecule has 2 nitrogen and oxygen atoms in total. The number of alkyl halides is 4. The van der Waals surface area contributed by atoms with Gasteiger partial charge in [-0.2, -0.15) is 8.78 Å². The zero-order valence-corrected chi connectivity index (χ0v) is 11.1. The molecular formula is C12H9BrF4N2. The van der Waals surface area contributed by atoms with E-state index in [1.807, 2.05) is 0 Å². The molecule has 0 aliphatic heterocycles. The van der Waals surface area contributed by atoms with E-state index >= 15 is 0 Å². The molecule has 0 saturated heterocycles. The summed E-state index contributed by atoms with van der Waals surface area (Å²) in [5, 5.41) is 3.62. The number of pyridine rings is 1. The highest BCUT2D eigenvalue weighted by molar-refractivity contribution is 9.10. The largest absolute Gasteiger partial charge is 0.363 e. The quantitative estimate of drug-likeness (QED) is 0.841. The van der Waals surface area contributed by atoms with Gasteiger partial charge < -0.3 is 5.32 Å². The minimum absolute atomic E-state index is 0.152. The molecule has 19 heavy (non-hydrogen) atoms. The van der Waals surface area contributed by atoms with Crippen molar-refractivity contribution in [3.63, 3.8) is 0 Å². The average Bonchev–Trinajstić information content (AvgIpc) is 2.37. The van der Waals surface area contributed by atoms with Crippen LogP contribution in [0.2, 0.25) is 0 Å². The van der Waals surface area contributed by atoms with Crippen LogP contribution in [0.3, 0.4) is 0 Å². The second-order valence-electron chi connectivity index (χ2n) is 3.91. The highest BCUT2D eigenvalue weighted by atomic mass is 79.9. The second-order valence-corrected chi connectivity index (χ2v) is 4.76. The highest BCUT2D eigenvalue weighted by Crippen LogP contribution is 2.29. The number of hydrogen-bond acceptors (Lipinski definition) is 2. The first-order chi connectivity index (χ1) is 8.92. The topological polar surface area (TPSA) is 24.9 Å². The van der Waals surface area contributed by atoms with Gasteiger partial charge in [-0.3, -0.25) is 0 Å². The number of halogens is 5. The monoisotopic (exact) mass is 336 g/mol. The van der Waals surface area contributed by atoms with Crippen LogP contribution < -0.4 is 5.32 Å². The maximum Gasteiger partial charge on any atom is 0.324 e. The Labute approximate surface area is 115 Å². The molecule has 0 fully saturated rings. The van der Waals surface area contributed by atoms with Crippen molar-refractivity contribution in [3.05, 3.63) is 34.9 Å². The predicted octanol–water partition coefficient (Wildman–Crippen LogP) is 4.31. The van der Waals surface area contributed by atoms with Gasteiger partial charge in [-0.05, 0) is 12.1 Å². The Morgan fingerprint density at radius 3 is 2.63 bits per heavy atom. The van der Waals surface area contributed by atoms with Gasteiger partial charge in [-0.15, -0.1) is 0 Å². The standard InChI is InChI=1S/C12H9BrF4N2/c13-9-3-1-2-8-7(9)4-5-18-10(8)19-6-12(16,17)11(14)15/h1-5,11H,6H2,(H,18,19). The smallest absolute Gasteiger partial charge is 0.324 e. The maximum atomic E-state index is 12.9. The fourth-order valence-corrected chi connectivity index (χ4v) is 2.09. The van der Waals surface area contributed by atoms with Crippen LogP contribution in [0.5, 0.6) is 0 Å². The summed E-state index contributed by atoms with van der Waals surface area (Å²) in [4.78, 5) is 3.90. The first-order valence-electron chi connectivity index (χ1n) is 5.35. The zero-order chi connectivity index (χ0) is 14.0. The molecule has 0 aliphatic carbocycles. The van der Waals surface area contributed by atoms with Crippen LogP contribution in [0, 0.1) is 0 Å². The number of benzene rings is 1. The number of anilines is 1. The van der Waals surface area contributed by atoms with E-state index in [9.17, 15) is 17.6 Å². The maximum absolute atomic E-state index is 12.9. The fourth-order valence-electron chi connectivity index (χ4n) is 1.59. The number of nitrogens with zero attached hydrogens (tertiary/aromatic N) is 1. The van der Waals surface area contributed by atoms with Crippen molar-refractivity contribution in [2.75, 3.05) is 11.9 Å². The van der Waals surface area contributed by atoms with E-state index in [1.165, 1.54) is 6.20 Å². The Bertz CT molecular complexity index is 589. The van der Waals surface area contributed by atoms with Crippen molar-refractivity contribution in [1.82, 2.24) is 4.98 Å². The Morgan fingerprint density at radius 2 is 1.95 bits per heavy atom. The van der Waals surface area contributed by atoms with E-state index in [1.54, 1.807) is 24.3 Å². The van der Waals surface area contributed by atoms with Crippen LogP contribution in [-0.4, -0.2) is 23.9 Å². The molecule has 0 aliphatic rings. The lowest BCUT2D eigenvalue weighted by atomic mass is 10.1. The normalized spacial score (nSPS) is 12.1. The lowest BCUT2D eigenvalue weighted by molar-refractivity contribution is -0.117. The molecule has 2 rings (SSSR count). The summed E-state index contributed by atoms with van der Waals surface area (Å²) in [7, 11) is 0. The van der Waals surface area contributed by atoms with Crippen LogP contribution >= 0.6 is 15.9 Å². The summed E-state index contributed by atoms with van der Waals surface area (Å²) in [6.45, 7) is -1.16. The van der Waals surface area contributed by atoms with Gasteiger partial charge in [0, 0.05) is 21.4 Å². The van der Waals surface area contributed by atoms with Crippen LogP contribution in [0.4, 0.5) is 23.4 Å². The molecule has 1 heterocycles. The minimum Gasteiger partial charge on any atom is -0.363 e. The van der Waals surface area contributed by atoms with Crippen molar-refractivity contribution in [3.8, 4) is 0 Å². The van der Waals surface area contributed by atoms with Crippen molar-refractivity contribution in [2.45, 2.75) is 12.3 Å². The van der Waals surface area contributed by atoms with E-state index < -0.39 is 18.9 Å². The Balaban J connectivity index is 2.29. The molecule has 0 unspecified atom stereocenters. The van der Waals surface area contributed by atoms with Gasteiger partial charge in [0.05, 0.1) is 6.54 Å². The molecule has 1 N–H and O–H groups in total. The van der Waals surface area contributed by atoms with Gasteiger partial charge in [0.2, 0.25) is 0 Å². The molecule has 0 spiro atoms. The molecule has 0 atom stereocenters. The number of fused-ring (bicyclic) bond motifs is 1. The summed E-state index contributed by atoms with van der Waals surface area (Å²) in [5.74, 6) is -3.94. The van der Waals surface area contributed by atoms with Gasteiger partial charge in [0.25, 0.3) is 0 Å². The first kappa shape index (κ1) is 14.0. The zero-order valence-electron chi connectivity index (χ0n) is 9.51. The van der Waals surface area contributed by atoms with Crippen LogP contribution in [0.1, 0.15) is 0 Å². The molecule has 1 aromatic heterocycles. The third-order valence-corrected chi connectivity index (χ3v) is 3.26. The van der Waals surface area contributed by atoms with Gasteiger partial charge in [-0.25, -0.2) is 13.8 Å². The number of aromatic nitrogens is 1. The summed E-state index contributed by atoms with van der Waals surface area (Å²) < 4.78 is 50.6. The predicted molar refractivity (Wildman–Crippen MR) is 68.9 cm³/mol. The molecule has 7 heteroatoms. The summed E-state index contributed by atoms with van der Waals surface area (Å²) in [6.07, 6.45) is -2.28. The molecule has 1 aromatic carbocycles. The summed E-state index contributed by atoms with van der Waals surface area (Å²) >= 11 is 3.32. The molecule has 0 bridgehead atoms. The summed E-state index contributed by atoms with van der Waals surface area (Å²) in [6, 6.07) is 6.89. The third-order valence-electron chi connectivity index (χ3n) is 2.56. The van der Waals surface area contributed by atoms with E-state index in [2.05, 4.69) is 26.2 Å². The Kier molecular flexibility index (Phi) is 3.93. The van der Waals surface area contributed by atoms with E-state index in [0.29, 0.717) is 5.39 Å². The van der Waals surface area contributed by atoms with Crippen LogP contribution in [-0.2, 0) is 0 Å². The van der Waals surface area contributed by atoms with Gasteiger partial charge in [-0.1, -0.05) is 28.1 Å². The molecule has 0 radical (unpaired) electrons. The van der Waals surface area contributed by atoms with Crippen molar-refractivity contribution >= 4 is 32.5 Å². The average molecular weight is 337 g/mol. The third kappa shape index (κ3) is 2.97. The Morgan fingerprint density at radius 1 is 1.21 bits per heavy atom. The van der Waals surface area contributed by atoms with Gasteiger partial charge >= 0.3 is 12.3 Å². The number of rotatable bonds is 4. The minimum atomic E-state index is -4.09. The molecule has 102 valence electrons. The second kappa shape index (κ2) is 5.32. The number of hydrogen-bond donors (Lipinski definition) is 1. The van der Waals surface area contributed by atoms with E-state index in [-0.39, 0.29) is 5.82 Å². The lowest BCUT2D eigenvalue weighted by Gasteiger charge is -2.17. The lowest BCUT2D eigenvalue weighted by Crippen LogP contribution is -2.35. The van der Waals surface area contributed by atoms with Crippen molar-refractivity contribution in [2.24, 2.45) is 0 Å². The van der Waals surface area contributed by atoms with E-state index in [0.717, 1.165) is 9.86 Å². The Hall–Kier alpha value is -1.37. The SMILES string of the molecule is FC(F)C(F)(F)CNc1nccc2c(Br)cccc12. The highest BCUT2D eigenvalue weighted by Gasteiger charge is 2.40. The van der Waals surface area contributed by atoms with E-state index in [4.69, 9.17) is 0 Å². The molecular weight excluding hydrogens is 328 g/mol. The van der Waals surface area contributed by atoms with Crippen molar-refractivity contribution < 1.29 is 17.6 Å². The van der Waals surface area contributed by atoms with Crippen LogP contribution in [0.15, 0.2) is 34.9 Å². The van der Waals surface area contributed by atoms with Gasteiger partial charge in [0.1, 0.15) is 5.82 Å². The number of nitrogens with one attached hydrogen (secondary N) is 1. The summed E-state index contributed by atoms with van der Waals surface area (Å²) in [5.41, 5.74) is 0. The first-order valence-corrected chi connectivity index (χ1v) is 6.14. The van der Waals surface area contributed by atoms with Gasteiger partial charge in [0.15, 0.2) is 0 Å². The molecule has 2 aromatic rings. The van der Waals surface area contributed by atoms with Crippen molar-refractivity contribution in [1.29, 1.82) is 0 Å².